The van der Waals surface area contributed by atoms with Crippen LogP contribution in [-0.4, -0.2) is 66.9 Å². The molecule has 0 aliphatic carbocycles. The van der Waals surface area contributed by atoms with Crippen molar-refractivity contribution in [3.05, 3.63) is 96.6 Å². The minimum Gasteiger partial charge on any atom is -0.350 e. The molecule has 2 amide bonds. The van der Waals surface area contributed by atoms with E-state index in [1.54, 1.807) is 59.5 Å². The fraction of sp³-hybridized carbons (Fsp3) is 0.259. The summed E-state index contributed by atoms with van der Waals surface area (Å²) in [6.45, 7) is 2.82. The highest BCUT2D eigenvalue weighted by Gasteiger charge is 2.33. The largest absolute Gasteiger partial charge is 0.350 e. The minimum atomic E-state index is -0.978. The summed E-state index contributed by atoms with van der Waals surface area (Å²) in [4.78, 5) is 46.9. The number of halogens is 2. The molecule has 4 aromatic rings. The van der Waals surface area contributed by atoms with Gasteiger partial charge in [0.05, 0.1) is 17.6 Å². The zero-order valence-electron chi connectivity index (χ0n) is 21.1. The van der Waals surface area contributed by atoms with E-state index in [0.717, 1.165) is 12.1 Å². The Labute approximate surface area is 223 Å². The van der Waals surface area contributed by atoms with Gasteiger partial charge in [-0.05, 0) is 36.8 Å². The van der Waals surface area contributed by atoms with Crippen LogP contribution in [0.2, 0.25) is 0 Å². The Morgan fingerprint density at radius 1 is 1.05 bits per heavy atom. The van der Waals surface area contributed by atoms with E-state index in [1.807, 2.05) is 4.90 Å². The summed E-state index contributed by atoms with van der Waals surface area (Å²) in [5.41, 5.74) is 0.905. The van der Waals surface area contributed by atoms with Crippen LogP contribution in [0.15, 0.2) is 73.8 Å². The molecule has 5 rings (SSSR count). The quantitative estimate of drug-likeness (QED) is 0.390. The Morgan fingerprint density at radius 3 is 2.64 bits per heavy atom. The van der Waals surface area contributed by atoms with Gasteiger partial charge in [-0.2, -0.15) is 0 Å². The van der Waals surface area contributed by atoms with Gasteiger partial charge in [0.2, 0.25) is 5.91 Å². The van der Waals surface area contributed by atoms with Gasteiger partial charge in [0.1, 0.15) is 24.3 Å². The molecule has 1 N–H and O–H groups in total. The number of piperazine rings is 1. The third kappa shape index (κ3) is 5.89. The van der Waals surface area contributed by atoms with Gasteiger partial charge in [-0.1, -0.05) is 6.07 Å². The Kier molecular flexibility index (Phi) is 7.53. The zero-order valence-corrected chi connectivity index (χ0v) is 21.1. The molecule has 0 bridgehead atoms. The zero-order chi connectivity index (χ0) is 27.4. The summed E-state index contributed by atoms with van der Waals surface area (Å²) in [5, 5.41) is 2.86. The third-order valence-corrected chi connectivity index (χ3v) is 6.62. The van der Waals surface area contributed by atoms with E-state index in [9.17, 15) is 18.4 Å². The summed E-state index contributed by atoms with van der Waals surface area (Å²) < 4.78 is 28.8. The highest BCUT2D eigenvalue weighted by atomic mass is 19.2. The van der Waals surface area contributed by atoms with E-state index in [2.05, 4.69) is 25.3 Å². The third-order valence-electron chi connectivity index (χ3n) is 6.62. The maximum absolute atomic E-state index is 13.7. The van der Waals surface area contributed by atoms with Gasteiger partial charge >= 0.3 is 0 Å². The summed E-state index contributed by atoms with van der Waals surface area (Å²) in [5.74, 6) is -1.19. The Morgan fingerprint density at radius 2 is 1.90 bits per heavy atom. The number of carbonyl (C=O) groups excluding carboxylic acids is 2. The Hall–Kier alpha value is -4.74. The molecule has 2 atom stereocenters. The van der Waals surface area contributed by atoms with Gasteiger partial charge < -0.3 is 15.1 Å². The summed E-state index contributed by atoms with van der Waals surface area (Å²) in [6.07, 6.45) is 9.63. The van der Waals surface area contributed by atoms with Gasteiger partial charge in [-0.3, -0.25) is 19.1 Å². The van der Waals surface area contributed by atoms with Crippen LogP contribution in [-0.2, 0) is 4.79 Å². The number of amides is 2. The first kappa shape index (κ1) is 25.9. The lowest BCUT2D eigenvalue weighted by Crippen LogP contribution is -2.56. The summed E-state index contributed by atoms with van der Waals surface area (Å²) in [7, 11) is 0. The Bertz CT molecular complexity index is 1450. The molecular formula is C27H26F2N8O2. The average molecular weight is 533 g/mol. The van der Waals surface area contributed by atoms with Crippen molar-refractivity contribution in [2.24, 2.45) is 0 Å². The molecule has 10 nitrogen and oxygen atoms in total. The molecule has 4 heterocycles. The monoisotopic (exact) mass is 532 g/mol. The van der Waals surface area contributed by atoms with Crippen LogP contribution in [0, 0.1) is 11.6 Å². The standard InChI is InChI=1S/C27H26F2N8O2/c1-18(19-4-5-22(28)23(29)11-19)34-26(38)12-21-15-35(27(39)20-3-2-6-30-14-20)9-10-37(21)25-13-24(32-16-33-25)36-8-7-31-17-36/h2-8,11,13-14,16-18,21H,9-10,12,15H2,1H3,(H,34,38). The second-order valence-electron chi connectivity index (χ2n) is 9.21. The number of pyridine rings is 1. The minimum absolute atomic E-state index is 0.0370. The number of carbonyl (C=O) groups is 2. The second kappa shape index (κ2) is 11.3. The number of hydrogen-bond acceptors (Lipinski definition) is 7. The molecule has 0 saturated carbocycles. The molecule has 200 valence electrons. The molecule has 12 heteroatoms. The number of rotatable bonds is 7. The number of imidazole rings is 1. The fourth-order valence-electron chi connectivity index (χ4n) is 4.60. The molecular weight excluding hydrogens is 506 g/mol. The molecule has 1 aliphatic rings. The number of hydrogen-bond donors (Lipinski definition) is 1. The highest BCUT2D eigenvalue weighted by Crippen LogP contribution is 2.24. The Balaban J connectivity index is 1.36. The fourth-order valence-corrected chi connectivity index (χ4v) is 4.60. The van der Waals surface area contributed by atoms with E-state index < -0.39 is 23.7 Å². The number of benzene rings is 1. The van der Waals surface area contributed by atoms with Crippen LogP contribution in [0.1, 0.15) is 35.3 Å². The first-order chi connectivity index (χ1) is 18.9. The molecule has 1 fully saturated rings. The maximum Gasteiger partial charge on any atom is 0.255 e. The predicted octanol–water partition coefficient (Wildman–Crippen LogP) is 2.93. The van der Waals surface area contributed by atoms with Crippen LogP contribution >= 0.6 is 0 Å². The van der Waals surface area contributed by atoms with Gasteiger partial charge in [-0.15, -0.1) is 0 Å². The van der Waals surface area contributed by atoms with E-state index in [-0.39, 0.29) is 24.8 Å². The molecule has 3 aromatic heterocycles. The van der Waals surface area contributed by atoms with Crippen molar-refractivity contribution in [2.75, 3.05) is 24.5 Å². The van der Waals surface area contributed by atoms with Crippen molar-refractivity contribution in [2.45, 2.75) is 25.4 Å². The van der Waals surface area contributed by atoms with Gasteiger partial charge in [0.25, 0.3) is 5.91 Å². The number of aromatic nitrogens is 5. The van der Waals surface area contributed by atoms with Gasteiger partial charge in [-0.25, -0.2) is 23.7 Å². The first-order valence-electron chi connectivity index (χ1n) is 12.4. The molecule has 39 heavy (non-hydrogen) atoms. The van der Waals surface area contributed by atoms with Crippen LogP contribution in [0.4, 0.5) is 14.6 Å². The van der Waals surface area contributed by atoms with Crippen molar-refractivity contribution < 1.29 is 18.4 Å². The van der Waals surface area contributed by atoms with E-state index in [0.29, 0.717) is 35.9 Å². The van der Waals surface area contributed by atoms with Crippen molar-refractivity contribution in [1.29, 1.82) is 0 Å². The lowest BCUT2D eigenvalue weighted by atomic mass is 10.0. The molecule has 0 spiro atoms. The van der Waals surface area contributed by atoms with Gasteiger partial charge in [0.15, 0.2) is 11.6 Å². The molecule has 1 aliphatic heterocycles. The molecule has 2 unspecified atom stereocenters. The van der Waals surface area contributed by atoms with Crippen LogP contribution in [0.25, 0.3) is 5.82 Å². The second-order valence-corrected chi connectivity index (χ2v) is 9.21. The highest BCUT2D eigenvalue weighted by molar-refractivity contribution is 5.94. The van der Waals surface area contributed by atoms with Crippen LogP contribution in [0.5, 0.6) is 0 Å². The van der Waals surface area contributed by atoms with Crippen molar-refractivity contribution in [3.8, 4) is 5.82 Å². The van der Waals surface area contributed by atoms with Crippen molar-refractivity contribution >= 4 is 17.6 Å². The van der Waals surface area contributed by atoms with Gasteiger partial charge in [0, 0.05) is 56.9 Å². The van der Waals surface area contributed by atoms with Crippen molar-refractivity contribution in [3.63, 3.8) is 0 Å². The SMILES string of the molecule is CC(NC(=O)CC1CN(C(=O)c2cccnc2)CCN1c1cc(-n2ccnc2)ncn1)c1ccc(F)c(F)c1. The first-order valence-corrected chi connectivity index (χ1v) is 12.4. The number of nitrogens with zero attached hydrogens (tertiary/aromatic N) is 7. The van der Waals surface area contributed by atoms with E-state index in [4.69, 9.17) is 0 Å². The molecule has 1 saturated heterocycles. The lowest BCUT2D eigenvalue weighted by molar-refractivity contribution is -0.122. The smallest absolute Gasteiger partial charge is 0.255 e. The lowest BCUT2D eigenvalue weighted by Gasteiger charge is -2.42. The van der Waals surface area contributed by atoms with E-state index in [1.165, 1.54) is 18.6 Å². The van der Waals surface area contributed by atoms with Crippen LogP contribution in [0.3, 0.4) is 0 Å². The average Bonchev–Trinajstić information content (AvgIpc) is 3.50. The number of nitrogens with one attached hydrogen (secondary N) is 1. The summed E-state index contributed by atoms with van der Waals surface area (Å²) in [6, 6.07) is 7.77. The molecule has 1 aromatic carbocycles. The number of anilines is 1. The van der Waals surface area contributed by atoms with Crippen LogP contribution < -0.4 is 10.2 Å². The topological polar surface area (TPSA) is 109 Å². The normalized spacial score (nSPS) is 16.1. The maximum atomic E-state index is 13.7. The molecule has 0 radical (unpaired) electrons. The summed E-state index contributed by atoms with van der Waals surface area (Å²) >= 11 is 0. The predicted molar refractivity (Wildman–Crippen MR) is 138 cm³/mol. The van der Waals surface area contributed by atoms with Crippen molar-refractivity contribution in [1.82, 2.24) is 34.7 Å². The van der Waals surface area contributed by atoms with E-state index >= 15 is 0 Å².